The van der Waals surface area contributed by atoms with Crippen LogP contribution in [0.15, 0.2) is 24.3 Å². The Balaban J connectivity index is 2.03. The molecule has 1 saturated heterocycles. The highest BCUT2D eigenvalue weighted by molar-refractivity contribution is 5.92. The van der Waals surface area contributed by atoms with E-state index in [2.05, 4.69) is 36.5 Å². The minimum absolute atomic E-state index is 0.0255. The number of benzene rings is 1. The molecule has 1 N–H and O–H groups in total. The summed E-state index contributed by atoms with van der Waals surface area (Å²) in [4.78, 5) is 13.5. The fourth-order valence-electron chi connectivity index (χ4n) is 2.10. The minimum Gasteiger partial charge on any atom is -0.338 e. The molecular formula is C14H20N2O. The van der Waals surface area contributed by atoms with Gasteiger partial charge in [0.1, 0.15) is 0 Å². The Kier molecular flexibility index (Phi) is 4.02. The molecule has 0 saturated carbocycles. The third kappa shape index (κ3) is 2.99. The number of aryl methyl sites for hydroxylation is 1. The molecule has 92 valence electrons. The van der Waals surface area contributed by atoms with E-state index < -0.39 is 0 Å². The number of unbranched alkanes of at least 4 members (excludes halogenated alkanes) is 1. The van der Waals surface area contributed by atoms with Gasteiger partial charge in [-0.3, -0.25) is 4.90 Å². The molecule has 0 aliphatic carbocycles. The normalized spacial score (nSPS) is 15.8. The van der Waals surface area contributed by atoms with E-state index in [0.29, 0.717) is 0 Å². The van der Waals surface area contributed by atoms with Crippen molar-refractivity contribution in [3.63, 3.8) is 0 Å². The summed E-state index contributed by atoms with van der Waals surface area (Å²) in [6, 6.07) is 8.39. The molecule has 0 radical (unpaired) electrons. The number of urea groups is 1. The second-order valence-electron chi connectivity index (χ2n) is 4.51. The number of carbonyl (C=O) groups is 1. The van der Waals surface area contributed by atoms with Crippen LogP contribution in [0.2, 0.25) is 0 Å². The van der Waals surface area contributed by atoms with E-state index in [9.17, 15) is 4.79 Å². The van der Waals surface area contributed by atoms with Gasteiger partial charge in [-0.25, -0.2) is 4.79 Å². The average Bonchev–Trinajstić information content (AvgIpc) is 2.38. The molecule has 1 aromatic rings. The van der Waals surface area contributed by atoms with Crippen LogP contribution in [0.4, 0.5) is 10.5 Å². The molecule has 0 spiro atoms. The lowest BCUT2D eigenvalue weighted by atomic mass is 10.1. The number of nitrogens with one attached hydrogen (secondary N) is 1. The van der Waals surface area contributed by atoms with E-state index in [1.165, 1.54) is 18.4 Å². The van der Waals surface area contributed by atoms with Crippen molar-refractivity contribution in [2.75, 3.05) is 18.0 Å². The van der Waals surface area contributed by atoms with Crippen LogP contribution < -0.4 is 10.2 Å². The highest BCUT2D eigenvalue weighted by Gasteiger charge is 2.18. The second kappa shape index (κ2) is 5.71. The van der Waals surface area contributed by atoms with Crippen molar-refractivity contribution in [1.29, 1.82) is 0 Å². The Morgan fingerprint density at radius 2 is 2.06 bits per heavy atom. The molecule has 1 aliphatic rings. The van der Waals surface area contributed by atoms with Crippen LogP contribution >= 0.6 is 0 Å². The molecule has 1 fully saturated rings. The summed E-state index contributed by atoms with van der Waals surface area (Å²) in [6.07, 6.45) is 4.59. The SMILES string of the molecule is CCCCc1ccc(N2CCCNC2=O)cc1. The largest absolute Gasteiger partial charge is 0.338 e. The molecule has 2 amide bonds. The van der Waals surface area contributed by atoms with Gasteiger partial charge in [-0.15, -0.1) is 0 Å². The zero-order chi connectivity index (χ0) is 12.1. The lowest BCUT2D eigenvalue weighted by molar-refractivity contribution is 0.243. The van der Waals surface area contributed by atoms with E-state index >= 15 is 0 Å². The van der Waals surface area contributed by atoms with Gasteiger partial charge in [0.05, 0.1) is 0 Å². The maximum atomic E-state index is 11.7. The summed E-state index contributed by atoms with van der Waals surface area (Å²) in [7, 11) is 0. The van der Waals surface area contributed by atoms with Crippen LogP contribution in [0, 0.1) is 0 Å². The topological polar surface area (TPSA) is 32.3 Å². The predicted octanol–water partition coefficient (Wildman–Crippen LogP) is 2.95. The van der Waals surface area contributed by atoms with Gasteiger partial charge in [0.25, 0.3) is 0 Å². The van der Waals surface area contributed by atoms with Crippen LogP contribution in [0.5, 0.6) is 0 Å². The molecule has 0 atom stereocenters. The van der Waals surface area contributed by atoms with Crippen molar-refractivity contribution >= 4 is 11.7 Å². The van der Waals surface area contributed by atoms with E-state index in [1.54, 1.807) is 0 Å². The monoisotopic (exact) mass is 232 g/mol. The molecule has 3 nitrogen and oxygen atoms in total. The van der Waals surface area contributed by atoms with Crippen LogP contribution in [0.25, 0.3) is 0 Å². The number of carbonyl (C=O) groups excluding carboxylic acids is 1. The van der Waals surface area contributed by atoms with Crippen molar-refractivity contribution in [3.05, 3.63) is 29.8 Å². The summed E-state index contributed by atoms with van der Waals surface area (Å²) in [5.74, 6) is 0. The van der Waals surface area contributed by atoms with Gasteiger partial charge in [-0.1, -0.05) is 25.5 Å². The van der Waals surface area contributed by atoms with Gasteiger partial charge in [-0.05, 0) is 37.0 Å². The third-order valence-electron chi connectivity index (χ3n) is 3.15. The molecule has 2 rings (SSSR count). The van der Waals surface area contributed by atoms with E-state index in [0.717, 1.165) is 31.6 Å². The molecule has 0 aromatic heterocycles. The average molecular weight is 232 g/mol. The van der Waals surface area contributed by atoms with E-state index in [-0.39, 0.29) is 6.03 Å². The first kappa shape index (κ1) is 12.0. The zero-order valence-corrected chi connectivity index (χ0v) is 10.4. The number of hydrogen-bond acceptors (Lipinski definition) is 1. The van der Waals surface area contributed by atoms with Crippen molar-refractivity contribution in [3.8, 4) is 0 Å². The van der Waals surface area contributed by atoms with Crippen LogP contribution in [-0.2, 0) is 6.42 Å². The first-order chi connectivity index (χ1) is 8.31. The van der Waals surface area contributed by atoms with E-state index in [1.807, 2.05) is 4.90 Å². The Bertz CT molecular complexity index is 372. The second-order valence-corrected chi connectivity index (χ2v) is 4.51. The fourth-order valence-corrected chi connectivity index (χ4v) is 2.10. The quantitative estimate of drug-likeness (QED) is 0.850. The molecule has 1 aliphatic heterocycles. The molecule has 17 heavy (non-hydrogen) atoms. The van der Waals surface area contributed by atoms with Gasteiger partial charge >= 0.3 is 6.03 Å². The molecule has 3 heteroatoms. The Labute approximate surface area is 103 Å². The lowest BCUT2D eigenvalue weighted by Gasteiger charge is -2.27. The van der Waals surface area contributed by atoms with Crippen LogP contribution in [0.1, 0.15) is 31.7 Å². The Morgan fingerprint density at radius 3 is 2.71 bits per heavy atom. The molecule has 0 bridgehead atoms. The third-order valence-corrected chi connectivity index (χ3v) is 3.15. The summed E-state index contributed by atoms with van der Waals surface area (Å²) in [6.45, 7) is 3.82. The smallest absolute Gasteiger partial charge is 0.321 e. The van der Waals surface area contributed by atoms with Gasteiger partial charge < -0.3 is 5.32 Å². The van der Waals surface area contributed by atoms with Crippen LogP contribution in [0.3, 0.4) is 0 Å². The van der Waals surface area contributed by atoms with Crippen molar-refractivity contribution in [1.82, 2.24) is 5.32 Å². The Morgan fingerprint density at radius 1 is 1.29 bits per heavy atom. The fraction of sp³-hybridized carbons (Fsp3) is 0.500. The highest BCUT2D eigenvalue weighted by atomic mass is 16.2. The summed E-state index contributed by atoms with van der Waals surface area (Å²) < 4.78 is 0. The summed E-state index contributed by atoms with van der Waals surface area (Å²) in [5, 5.41) is 2.87. The molecule has 0 unspecified atom stereocenters. The number of nitrogens with zero attached hydrogens (tertiary/aromatic N) is 1. The first-order valence-electron chi connectivity index (χ1n) is 6.45. The van der Waals surface area contributed by atoms with Crippen LogP contribution in [-0.4, -0.2) is 19.1 Å². The van der Waals surface area contributed by atoms with Gasteiger partial charge in [0.15, 0.2) is 0 Å². The number of rotatable bonds is 4. The van der Waals surface area contributed by atoms with Gasteiger partial charge in [0.2, 0.25) is 0 Å². The van der Waals surface area contributed by atoms with Crippen molar-refractivity contribution in [2.45, 2.75) is 32.6 Å². The maximum Gasteiger partial charge on any atom is 0.321 e. The van der Waals surface area contributed by atoms with E-state index in [4.69, 9.17) is 0 Å². The molecular weight excluding hydrogens is 212 g/mol. The molecule has 1 heterocycles. The summed E-state index contributed by atoms with van der Waals surface area (Å²) >= 11 is 0. The van der Waals surface area contributed by atoms with Gasteiger partial charge in [0, 0.05) is 18.8 Å². The lowest BCUT2D eigenvalue weighted by Crippen LogP contribution is -2.46. The standard InChI is InChI=1S/C14H20N2O/c1-2-3-5-12-6-8-13(9-7-12)16-11-4-10-15-14(16)17/h6-9H,2-5,10-11H2,1H3,(H,15,17). The van der Waals surface area contributed by atoms with Gasteiger partial charge in [-0.2, -0.15) is 0 Å². The maximum absolute atomic E-state index is 11.7. The van der Waals surface area contributed by atoms with Crippen molar-refractivity contribution in [2.24, 2.45) is 0 Å². The number of anilines is 1. The predicted molar refractivity (Wildman–Crippen MR) is 70.4 cm³/mol. The van der Waals surface area contributed by atoms with Crippen molar-refractivity contribution < 1.29 is 4.79 Å². The number of amides is 2. The minimum atomic E-state index is 0.0255. The molecule has 1 aromatic carbocycles. The summed E-state index contributed by atoms with van der Waals surface area (Å²) in [5.41, 5.74) is 2.36. The number of hydrogen-bond donors (Lipinski definition) is 1. The zero-order valence-electron chi connectivity index (χ0n) is 10.4. The Hall–Kier alpha value is -1.51. The first-order valence-corrected chi connectivity index (χ1v) is 6.45. The highest BCUT2D eigenvalue weighted by Crippen LogP contribution is 2.18.